The van der Waals surface area contributed by atoms with E-state index in [0.717, 1.165) is 0 Å². The summed E-state index contributed by atoms with van der Waals surface area (Å²) < 4.78 is 1.45. The number of aromatic nitrogens is 2. The molecule has 0 aliphatic carbocycles. The predicted molar refractivity (Wildman–Crippen MR) is 69.7 cm³/mol. The number of rotatable bonds is 4. The number of carbonyl (C=O) groups excluding carboxylic acids is 1. The average molecular weight is 257 g/mol. The summed E-state index contributed by atoms with van der Waals surface area (Å²) in [6, 6.07) is 7.84. The zero-order valence-corrected chi connectivity index (χ0v) is 10.2. The molecule has 0 spiro atoms. The topological polar surface area (TPSA) is 78.0 Å². The molecule has 0 saturated heterocycles. The first-order chi connectivity index (χ1) is 9.09. The van der Waals surface area contributed by atoms with Crippen molar-refractivity contribution in [1.82, 2.24) is 9.78 Å². The standard InChI is InChI=1S/C13H11N3O3/c1-15-12(8-9-14-15)13(17)7-6-10-4-2-3-5-11(10)16(18)19/h2-9H,1H3/b7-6+. The molecule has 0 saturated carbocycles. The van der Waals surface area contributed by atoms with Gasteiger partial charge in [-0.25, -0.2) is 0 Å². The smallest absolute Gasteiger partial charge is 0.276 e. The van der Waals surface area contributed by atoms with E-state index < -0.39 is 4.92 Å². The van der Waals surface area contributed by atoms with Gasteiger partial charge in [0.05, 0.1) is 10.5 Å². The number of hydrogen-bond acceptors (Lipinski definition) is 4. The minimum Gasteiger partial charge on any atom is -0.288 e. The normalized spacial score (nSPS) is 10.8. The van der Waals surface area contributed by atoms with Crippen LogP contribution in [0, 0.1) is 10.1 Å². The lowest BCUT2D eigenvalue weighted by molar-refractivity contribution is -0.385. The number of allylic oxidation sites excluding steroid dienone is 1. The molecule has 1 heterocycles. The van der Waals surface area contributed by atoms with Crippen molar-refractivity contribution in [3.05, 3.63) is 64.0 Å². The Bertz CT molecular complexity index is 659. The Balaban J connectivity index is 2.27. The summed E-state index contributed by atoms with van der Waals surface area (Å²) in [5.41, 5.74) is 0.786. The van der Waals surface area contributed by atoms with Gasteiger partial charge in [0.25, 0.3) is 5.69 Å². The lowest BCUT2D eigenvalue weighted by atomic mass is 10.1. The summed E-state index contributed by atoms with van der Waals surface area (Å²) in [5, 5.41) is 14.7. The van der Waals surface area contributed by atoms with E-state index >= 15 is 0 Å². The van der Waals surface area contributed by atoms with Gasteiger partial charge >= 0.3 is 0 Å². The van der Waals surface area contributed by atoms with Crippen molar-refractivity contribution in [1.29, 1.82) is 0 Å². The molecule has 6 nitrogen and oxygen atoms in total. The van der Waals surface area contributed by atoms with Crippen molar-refractivity contribution >= 4 is 17.5 Å². The quantitative estimate of drug-likeness (QED) is 0.364. The van der Waals surface area contributed by atoms with Gasteiger partial charge in [-0.05, 0) is 24.3 Å². The minimum absolute atomic E-state index is 0.0310. The first-order valence-corrected chi connectivity index (χ1v) is 5.53. The van der Waals surface area contributed by atoms with Crippen LogP contribution in [0.4, 0.5) is 5.69 Å². The molecule has 0 bridgehead atoms. The molecular formula is C13H11N3O3. The fourth-order valence-corrected chi connectivity index (χ4v) is 1.66. The van der Waals surface area contributed by atoms with E-state index in [0.29, 0.717) is 11.3 Å². The van der Waals surface area contributed by atoms with Crippen molar-refractivity contribution in [3.63, 3.8) is 0 Å². The molecule has 0 amide bonds. The molecule has 0 fully saturated rings. The Hall–Kier alpha value is -2.76. The van der Waals surface area contributed by atoms with E-state index in [9.17, 15) is 14.9 Å². The average Bonchev–Trinajstić information content (AvgIpc) is 2.82. The number of aryl methyl sites for hydroxylation is 1. The van der Waals surface area contributed by atoms with Crippen LogP contribution in [0.15, 0.2) is 42.6 Å². The number of carbonyl (C=O) groups is 1. The maximum absolute atomic E-state index is 11.9. The number of nitro benzene ring substituents is 1. The van der Waals surface area contributed by atoms with Gasteiger partial charge in [0.1, 0.15) is 5.69 Å². The third-order valence-corrected chi connectivity index (χ3v) is 2.62. The van der Waals surface area contributed by atoms with Crippen molar-refractivity contribution in [2.75, 3.05) is 0 Å². The highest BCUT2D eigenvalue weighted by Crippen LogP contribution is 2.19. The van der Waals surface area contributed by atoms with E-state index in [-0.39, 0.29) is 11.5 Å². The van der Waals surface area contributed by atoms with E-state index in [4.69, 9.17) is 0 Å². The van der Waals surface area contributed by atoms with Gasteiger partial charge in [-0.2, -0.15) is 5.10 Å². The van der Waals surface area contributed by atoms with Gasteiger partial charge in [0.15, 0.2) is 0 Å². The molecule has 2 aromatic rings. The zero-order valence-electron chi connectivity index (χ0n) is 10.2. The van der Waals surface area contributed by atoms with Gasteiger partial charge in [-0.15, -0.1) is 0 Å². The van der Waals surface area contributed by atoms with Crippen LogP contribution in [0.1, 0.15) is 16.1 Å². The van der Waals surface area contributed by atoms with Gasteiger partial charge in [0.2, 0.25) is 5.78 Å². The first kappa shape index (κ1) is 12.7. The highest BCUT2D eigenvalue weighted by Gasteiger charge is 2.11. The lowest BCUT2D eigenvalue weighted by Gasteiger charge is -1.97. The second-order valence-electron chi connectivity index (χ2n) is 3.85. The van der Waals surface area contributed by atoms with Crippen molar-refractivity contribution in [3.8, 4) is 0 Å². The Morgan fingerprint density at radius 3 is 2.74 bits per heavy atom. The van der Waals surface area contributed by atoms with Gasteiger partial charge in [-0.1, -0.05) is 12.1 Å². The summed E-state index contributed by atoms with van der Waals surface area (Å²) in [5.74, 6) is -0.252. The summed E-state index contributed by atoms with van der Waals surface area (Å²) in [7, 11) is 1.66. The van der Waals surface area contributed by atoms with Crippen molar-refractivity contribution < 1.29 is 9.72 Å². The van der Waals surface area contributed by atoms with Crippen LogP contribution < -0.4 is 0 Å². The summed E-state index contributed by atoms with van der Waals surface area (Å²) in [6.07, 6.45) is 4.26. The fourth-order valence-electron chi connectivity index (χ4n) is 1.66. The Labute approximate surface area is 109 Å². The molecule has 0 radical (unpaired) electrons. The van der Waals surface area contributed by atoms with E-state index in [1.165, 1.54) is 29.1 Å². The summed E-state index contributed by atoms with van der Waals surface area (Å²) in [6.45, 7) is 0. The lowest BCUT2D eigenvalue weighted by Crippen LogP contribution is -2.03. The Morgan fingerprint density at radius 2 is 2.11 bits per heavy atom. The van der Waals surface area contributed by atoms with Crippen LogP contribution in [0.25, 0.3) is 6.08 Å². The van der Waals surface area contributed by atoms with Crippen LogP contribution in [-0.2, 0) is 7.05 Å². The minimum atomic E-state index is -0.478. The fraction of sp³-hybridized carbons (Fsp3) is 0.0769. The number of nitrogens with zero attached hydrogens (tertiary/aromatic N) is 3. The van der Waals surface area contributed by atoms with Gasteiger partial charge in [-0.3, -0.25) is 19.6 Å². The molecule has 96 valence electrons. The van der Waals surface area contributed by atoms with Crippen LogP contribution in [0.2, 0.25) is 0 Å². The molecule has 6 heteroatoms. The van der Waals surface area contributed by atoms with Crippen LogP contribution in [0.3, 0.4) is 0 Å². The molecule has 2 rings (SSSR count). The third-order valence-electron chi connectivity index (χ3n) is 2.62. The molecule has 0 N–H and O–H groups in total. The van der Waals surface area contributed by atoms with Crippen molar-refractivity contribution in [2.45, 2.75) is 0 Å². The monoisotopic (exact) mass is 257 g/mol. The highest BCUT2D eigenvalue weighted by molar-refractivity contribution is 6.05. The Morgan fingerprint density at radius 1 is 1.37 bits per heavy atom. The van der Waals surface area contributed by atoms with Crippen LogP contribution in [0.5, 0.6) is 0 Å². The van der Waals surface area contributed by atoms with Crippen molar-refractivity contribution in [2.24, 2.45) is 7.05 Å². The SMILES string of the molecule is Cn1nccc1C(=O)/C=C/c1ccccc1[N+](=O)[O-]. The number of hydrogen-bond donors (Lipinski definition) is 0. The number of para-hydroxylation sites is 1. The maximum Gasteiger partial charge on any atom is 0.276 e. The molecule has 0 atom stereocenters. The maximum atomic E-state index is 11.9. The largest absolute Gasteiger partial charge is 0.288 e. The van der Waals surface area contributed by atoms with E-state index in [1.807, 2.05) is 0 Å². The third kappa shape index (κ3) is 2.74. The predicted octanol–water partition coefficient (Wildman–Crippen LogP) is 2.22. The Kier molecular flexibility index (Phi) is 3.51. The highest BCUT2D eigenvalue weighted by atomic mass is 16.6. The molecule has 0 unspecified atom stereocenters. The molecule has 0 aliphatic rings. The summed E-state index contributed by atoms with van der Waals surface area (Å²) >= 11 is 0. The van der Waals surface area contributed by atoms with E-state index in [2.05, 4.69) is 5.10 Å². The van der Waals surface area contributed by atoms with Crippen LogP contribution in [-0.4, -0.2) is 20.5 Å². The number of nitro groups is 1. The second-order valence-corrected chi connectivity index (χ2v) is 3.85. The van der Waals surface area contributed by atoms with Gasteiger partial charge in [0, 0.05) is 19.3 Å². The number of ketones is 1. The van der Waals surface area contributed by atoms with E-state index in [1.54, 1.807) is 31.3 Å². The molecule has 1 aromatic carbocycles. The van der Waals surface area contributed by atoms with Crippen LogP contribution >= 0.6 is 0 Å². The zero-order chi connectivity index (χ0) is 13.8. The second kappa shape index (κ2) is 5.26. The molecule has 19 heavy (non-hydrogen) atoms. The molecule has 0 aliphatic heterocycles. The summed E-state index contributed by atoms with van der Waals surface area (Å²) in [4.78, 5) is 22.2. The molecule has 1 aromatic heterocycles. The number of benzene rings is 1. The first-order valence-electron chi connectivity index (χ1n) is 5.53. The van der Waals surface area contributed by atoms with Gasteiger partial charge < -0.3 is 0 Å². The molecular weight excluding hydrogens is 246 g/mol.